The summed E-state index contributed by atoms with van der Waals surface area (Å²) in [6.45, 7) is 3.47. The van der Waals surface area contributed by atoms with Crippen LogP contribution in [0, 0.1) is 5.92 Å². The van der Waals surface area contributed by atoms with E-state index >= 15 is 0 Å². The van der Waals surface area contributed by atoms with E-state index in [9.17, 15) is 0 Å². The number of para-hydroxylation sites is 3. The van der Waals surface area contributed by atoms with Crippen molar-refractivity contribution in [2.45, 2.75) is 19.3 Å². The monoisotopic (exact) mass is 309 g/mol. The topological polar surface area (TPSA) is 27.3 Å². The van der Waals surface area contributed by atoms with Crippen LogP contribution in [0.2, 0.25) is 0 Å². The first-order valence-corrected chi connectivity index (χ1v) is 8.66. The summed E-state index contributed by atoms with van der Waals surface area (Å²) in [5, 5.41) is 7.05. The molecule has 1 saturated heterocycles. The lowest BCUT2D eigenvalue weighted by atomic mass is 9.96. The molecule has 3 rings (SSSR count). The van der Waals surface area contributed by atoms with Gasteiger partial charge in [-0.05, 0) is 62.5 Å². The highest BCUT2D eigenvalue weighted by atomic mass is 15.1. The minimum atomic E-state index is 0.820. The second-order valence-electron chi connectivity index (χ2n) is 6.43. The Morgan fingerprint density at radius 2 is 1.87 bits per heavy atom. The first-order valence-electron chi connectivity index (χ1n) is 8.66. The van der Waals surface area contributed by atoms with E-state index in [1.165, 1.54) is 43.7 Å². The highest BCUT2D eigenvalue weighted by Crippen LogP contribution is 2.28. The van der Waals surface area contributed by atoms with Gasteiger partial charge >= 0.3 is 0 Å². The van der Waals surface area contributed by atoms with E-state index in [1.807, 2.05) is 6.07 Å². The normalized spacial score (nSPS) is 17.7. The molecular weight excluding hydrogens is 282 g/mol. The van der Waals surface area contributed by atoms with Gasteiger partial charge in [0, 0.05) is 19.3 Å². The molecule has 0 amide bonds. The van der Waals surface area contributed by atoms with Gasteiger partial charge in [0.1, 0.15) is 0 Å². The molecule has 0 radical (unpaired) electrons. The molecule has 0 spiro atoms. The van der Waals surface area contributed by atoms with E-state index in [4.69, 9.17) is 0 Å². The van der Waals surface area contributed by atoms with Crippen LogP contribution in [0.5, 0.6) is 0 Å². The van der Waals surface area contributed by atoms with E-state index in [1.54, 1.807) is 0 Å². The lowest BCUT2D eigenvalue weighted by Crippen LogP contribution is -2.32. The average Bonchev–Trinajstić information content (AvgIpc) is 2.62. The van der Waals surface area contributed by atoms with Crippen molar-refractivity contribution in [1.82, 2.24) is 5.32 Å². The third kappa shape index (κ3) is 4.49. The van der Waals surface area contributed by atoms with Crippen molar-refractivity contribution < 1.29 is 0 Å². The Bertz CT molecular complexity index is 591. The second kappa shape index (κ2) is 8.02. The number of nitrogens with one attached hydrogen (secondary N) is 2. The van der Waals surface area contributed by atoms with Gasteiger partial charge in [-0.3, -0.25) is 0 Å². The minimum Gasteiger partial charge on any atom is -0.373 e. The predicted molar refractivity (Wildman–Crippen MR) is 99.6 cm³/mol. The molecule has 1 unspecified atom stereocenters. The van der Waals surface area contributed by atoms with Crippen molar-refractivity contribution in [2.75, 3.05) is 36.9 Å². The Hall–Kier alpha value is -2.00. The molecule has 1 heterocycles. The van der Waals surface area contributed by atoms with Crippen LogP contribution in [0.25, 0.3) is 0 Å². The summed E-state index contributed by atoms with van der Waals surface area (Å²) in [4.78, 5) is 2.37. The van der Waals surface area contributed by atoms with Crippen molar-refractivity contribution in [3.8, 4) is 0 Å². The van der Waals surface area contributed by atoms with Crippen LogP contribution in [0.1, 0.15) is 19.3 Å². The molecule has 122 valence electrons. The fourth-order valence-corrected chi connectivity index (χ4v) is 3.26. The summed E-state index contributed by atoms with van der Waals surface area (Å²) in [7, 11) is 2.20. The molecule has 1 aliphatic heterocycles. The number of piperidine rings is 1. The summed E-state index contributed by atoms with van der Waals surface area (Å²) in [6.07, 6.45) is 3.94. The fourth-order valence-electron chi connectivity index (χ4n) is 3.26. The molecule has 2 N–H and O–H groups in total. The quantitative estimate of drug-likeness (QED) is 0.835. The van der Waals surface area contributed by atoms with Gasteiger partial charge in [-0.2, -0.15) is 0 Å². The number of hydrogen-bond donors (Lipinski definition) is 2. The van der Waals surface area contributed by atoms with Crippen LogP contribution in [-0.2, 0) is 0 Å². The molecule has 2 aromatic carbocycles. The first kappa shape index (κ1) is 15.9. The Morgan fingerprint density at radius 3 is 2.65 bits per heavy atom. The molecule has 0 saturated carbocycles. The predicted octanol–water partition coefficient (Wildman–Crippen LogP) is 4.26. The number of rotatable bonds is 6. The van der Waals surface area contributed by atoms with Gasteiger partial charge in [-0.15, -0.1) is 0 Å². The van der Waals surface area contributed by atoms with Gasteiger partial charge in [0.25, 0.3) is 0 Å². The molecule has 1 atom stereocenters. The molecule has 0 bridgehead atoms. The standard InChI is InChI=1S/C20H27N3/c1-23(15-13-17-8-7-14-21-16-17)20-12-6-5-11-19(20)22-18-9-3-2-4-10-18/h2-6,9-12,17,21-22H,7-8,13-16H2,1H3. The van der Waals surface area contributed by atoms with Crippen molar-refractivity contribution >= 4 is 17.1 Å². The van der Waals surface area contributed by atoms with Gasteiger partial charge in [-0.25, -0.2) is 0 Å². The van der Waals surface area contributed by atoms with Crippen molar-refractivity contribution in [3.63, 3.8) is 0 Å². The van der Waals surface area contributed by atoms with Gasteiger partial charge < -0.3 is 15.5 Å². The zero-order valence-corrected chi connectivity index (χ0v) is 14.0. The number of hydrogen-bond acceptors (Lipinski definition) is 3. The van der Waals surface area contributed by atoms with E-state index in [2.05, 4.69) is 71.1 Å². The summed E-state index contributed by atoms with van der Waals surface area (Å²) in [6, 6.07) is 18.9. The van der Waals surface area contributed by atoms with Crippen LogP contribution in [-0.4, -0.2) is 26.7 Å². The third-order valence-corrected chi connectivity index (χ3v) is 4.64. The van der Waals surface area contributed by atoms with E-state index in [0.717, 1.165) is 18.2 Å². The molecule has 1 fully saturated rings. The fraction of sp³-hybridized carbons (Fsp3) is 0.400. The van der Waals surface area contributed by atoms with Crippen LogP contribution >= 0.6 is 0 Å². The third-order valence-electron chi connectivity index (χ3n) is 4.64. The molecule has 0 aliphatic carbocycles. The smallest absolute Gasteiger partial charge is 0.0622 e. The van der Waals surface area contributed by atoms with Crippen molar-refractivity contribution in [1.29, 1.82) is 0 Å². The van der Waals surface area contributed by atoms with E-state index < -0.39 is 0 Å². The molecule has 0 aromatic heterocycles. The van der Waals surface area contributed by atoms with Crippen LogP contribution < -0.4 is 15.5 Å². The molecule has 2 aromatic rings. The Kier molecular flexibility index (Phi) is 5.54. The molecule has 23 heavy (non-hydrogen) atoms. The molecule has 1 aliphatic rings. The van der Waals surface area contributed by atoms with Gasteiger partial charge in [0.15, 0.2) is 0 Å². The van der Waals surface area contributed by atoms with Gasteiger partial charge in [0.05, 0.1) is 11.4 Å². The maximum absolute atomic E-state index is 3.54. The van der Waals surface area contributed by atoms with Gasteiger partial charge in [0.2, 0.25) is 0 Å². The summed E-state index contributed by atoms with van der Waals surface area (Å²) < 4.78 is 0. The largest absolute Gasteiger partial charge is 0.373 e. The van der Waals surface area contributed by atoms with Crippen molar-refractivity contribution in [2.24, 2.45) is 5.92 Å². The average molecular weight is 309 g/mol. The molecular formula is C20H27N3. The van der Waals surface area contributed by atoms with Crippen LogP contribution in [0.4, 0.5) is 17.1 Å². The van der Waals surface area contributed by atoms with Crippen LogP contribution in [0.15, 0.2) is 54.6 Å². The number of nitrogens with zero attached hydrogens (tertiary/aromatic N) is 1. The highest BCUT2D eigenvalue weighted by molar-refractivity contribution is 5.75. The SMILES string of the molecule is CN(CCC1CCCNC1)c1ccccc1Nc1ccccc1. The lowest BCUT2D eigenvalue weighted by Gasteiger charge is -2.27. The van der Waals surface area contributed by atoms with E-state index in [-0.39, 0.29) is 0 Å². The molecule has 3 nitrogen and oxygen atoms in total. The second-order valence-corrected chi connectivity index (χ2v) is 6.43. The Labute approximate surface area is 139 Å². The van der Waals surface area contributed by atoms with Gasteiger partial charge in [-0.1, -0.05) is 30.3 Å². The van der Waals surface area contributed by atoms with E-state index in [0.29, 0.717) is 0 Å². The molecule has 3 heteroatoms. The maximum Gasteiger partial charge on any atom is 0.0622 e. The lowest BCUT2D eigenvalue weighted by molar-refractivity contribution is 0.360. The zero-order valence-electron chi connectivity index (χ0n) is 14.0. The van der Waals surface area contributed by atoms with Crippen molar-refractivity contribution in [3.05, 3.63) is 54.6 Å². The number of anilines is 3. The Balaban J connectivity index is 1.64. The number of benzene rings is 2. The summed E-state index contributed by atoms with van der Waals surface area (Å²) >= 11 is 0. The summed E-state index contributed by atoms with van der Waals surface area (Å²) in [5.41, 5.74) is 3.56. The summed E-state index contributed by atoms with van der Waals surface area (Å²) in [5.74, 6) is 0.820. The first-order chi connectivity index (χ1) is 11.3. The maximum atomic E-state index is 3.54. The Morgan fingerprint density at radius 1 is 1.09 bits per heavy atom. The van der Waals surface area contributed by atoms with Crippen LogP contribution in [0.3, 0.4) is 0 Å². The minimum absolute atomic E-state index is 0.820. The zero-order chi connectivity index (χ0) is 15.9. The highest BCUT2D eigenvalue weighted by Gasteiger charge is 2.14.